The van der Waals surface area contributed by atoms with E-state index in [-0.39, 0.29) is 11.8 Å². The number of Topliss-reactive ketones (excluding diaryl/α,β-unsaturated/α-hetero) is 1. The fourth-order valence-electron chi connectivity index (χ4n) is 2.67. The molecule has 2 rings (SSSR count). The van der Waals surface area contributed by atoms with Crippen LogP contribution in [0.5, 0.6) is 11.5 Å². The molecule has 1 aromatic rings. The molecule has 1 atom stereocenters. The molecule has 0 bridgehead atoms. The summed E-state index contributed by atoms with van der Waals surface area (Å²) in [5.41, 5.74) is 0. The molecule has 1 aliphatic heterocycles. The van der Waals surface area contributed by atoms with Crippen LogP contribution in [0.3, 0.4) is 0 Å². The Labute approximate surface area is 120 Å². The Morgan fingerprint density at radius 3 is 2.60 bits per heavy atom. The third-order valence-corrected chi connectivity index (χ3v) is 3.79. The highest BCUT2D eigenvalue weighted by atomic mass is 16.5. The minimum Gasteiger partial charge on any atom is -0.497 e. The number of carbonyl (C=O) groups is 1. The zero-order valence-electron chi connectivity index (χ0n) is 12.3. The summed E-state index contributed by atoms with van der Waals surface area (Å²) in [6.07, 6.45) is 3.31. The summed E-state index contributed by atoms with van der Waals surface area (Å²) in [5.74, 6) is 1.93. The van der Waals surface area contributed by atoms with Crippen molar-refractivity contribution < 1.29 is 14.3 Å². The smallest absolute Gasteiger partial charge is 0.146 e. The summed E-state index contributed by atoms with van der Waals surface area (Å²) in [5, 5.41) is 0. The molecule has 4 heteroatoms. The number of carbonyl (C=O) groups excluding carboxylic acids is 1. The van der Waals surface area contributed by atoms with Crippen LogP contribution in [0.2, 0.25) is 0 Å². The van der Waals surface area contributed by atoms with Gasteiger partial charge in [-0.05, 0) is 50.6 Å². The van der Waals surface area contributed by atoms with Gasteiger partial charge in [0.2, 0.25) is 0 Å². The molecule has 0 saturated carbocycles. The van der Waals surface area contributed by atoms with Crippen molar-refractivity contribution in [3.05, 3.63) is 24.3 Å². The lowest BCUT2D eigenvalue weighted by Crippen LogP contribution is -2.45. The van der Waals surface area contributed by atoms with Crippen LogP contribution >= 0.6 is 0 Å². The number of hydrogen-bond donors (Lipinski definition) is 0. The molecule has 1 saturated heterocycles. The molecule has 0 amide bonds. The predicted molar refractivity (Wildman–Crippen MR) is 78.4 cm³/mol. The molecule has 1 heterocycles. The summed E-state index contributed by atoms with van der Waals surface area (Å²) in [4.78, 5) is 13.9. The first kappa shape index (κ1) is 14.9. The zero-order chi connectivity index (χ0) is 14.4. The maximum Gasteiger partial charge on any atom is 0.146 e. The molecule has 1 unspecified atom stereocenters. The van der Waals surface area contributed by atoms with E-state index in [9.17, 15) is 4.79 Å². The predicted octanol–water partition coefficient (Wildman–Crippen LogP) is 2.52. The Morgan fingerprint density at radius 2 is 1.95 bits per heavy atom. The number of rotatable bonds is 6. The monoisotopic (exact) mass is 277 g/mol. The number of methoxy groups -OCH3 is 1. The third-order valence-electron chi connectivity index (χ3n) is 3.79. The highest BCUT2D eigenvalue weighted by molar-refractivity contribution is 5.81. The van der Waals surface area contributed by atoms with E-state index in [1.54, 1.807) is 14.0 Å². The Bertz CT molecular complexity index is 430. The second kappa shape index (κ2) is 7.29. The van der Waals surface area contributed by atoms with Crippen molar-refractivity contribution in [2.24, 2.45) is 0 Å². The molecular formula is C16H23NO3. The van der Waals surface area contributed by atoms with Crippen LogP contribution < -0.4 is 9.47 Å². The number of piperidine rings is 1. The first-order chi connectivity index (χ1) is 9.70. The van der Waals surface area contributed by atoms with Gasteiger partial charge in [0.25, 0.3) is 0 Å². The molecule has 1 aliphatic rings. The number of ether oxygens (including phenoxy) is 2. The zero-order valence-corrected chi connectivity index (χ0v) is 12.3. The van der Waals surface area contributed by atoms with Crippen molar-refractivity contribution in [3.63, 3.8) is 0 Å². The molecule has 1 fully saturated rings. The van der Waals surface area contributed by atoms with Gasteiger partial charge in [0.15, 0.2) is 0 Å². The standard InChI is InChI=1S/C16H23NO3/c1-13(18)16-5-3-4-10-17(16)11-12-20-15-8-6-14(19-2)7-9-15/h6-9,16H,3-5,10-12H2,1-2H3. The molecule has 0 aromatic heterocycles. The average molecular weight is 277 g/mol. The van der Waals surface area contributed by atoms with Gasteiger partial charge in [-0.2, -0.15) is 0 Å². The van der Waals surface area contributed by atoms with Gasteiger partial charge < -0.3 is 9.47 Å². The van der Waals surface area contributed by atoms with E-state index in [1.165, 1.54) is 6.42 Å². The van der Waals surface area contributed by atoms with E-state index in [1.807, 2.05) is 24.3 Å². The Morgan fingerprint density at radius 1 is 1.25 bits per heavy atom. The molecule has 1 aromatic carbocycles. The first-order valence-electron chi connectivity index (χ1n) is 7.22. The Hall–Kier alpha value is -1.55. The van der Waals surface area contributed by atoms with Crippen LogP contribution in [0, 0.1) is 0 Å². The topological polar surface area (TPSA) is 38.8 Å². The van der Waals surface area contributed by atoms with Crippen LogP contribution in [0.25, 0.3) is 0 Å². The minimum absolute atomic E-state index is 0.0863. The fraction of sp³-hybridized carbons (Fsp3) is 0.562. The number of benzene rings is 1. The lowest BCUT2D eigenvalue weighted by molar-refractivity contribution is -0.123. The van der Waals surface area contributed by atoms with E-state index in [4.69, 9.17) is 9.47 Å². The summed E-state index contributed by atoms with van der Waals surface area (Å²) >= 11 is 0. The second-order valence-corrected chi connectivity index (χ2v) is 5.18. The van der Waals surface area contributed by atoms with Gasteiger partial charge in [0.05, 0.1) is 13.2 Å². The van der Waals surface area contributed by atoms with Crippen molar-refractivity contribution in [2.75, 3.05) is 26.8 Å². The Kier molecular flexibility index (Phi) is 5.41. The molecule has 4 nitrogen and oxygen atoms in total. The molecule has 0 radical (unpaired) electrons. The molecule has 0 aliphatic carbocycles. The average Bonchev–Trinajstić information content (AvgIpc) is 2.48. The highest BCUT2D eigenvalue weighted by Gasteiger charge is 2.25. The van der Waals surface area contributed by atoms with E-state index in [2.05, 4.69) is 4.90 Å². The van der Waals surface area contributed by atoms with Gasteiger partial charge in [-0.3, -0.25) is 9.69 Å². The van der Waals surface area contributed by atoms with E-state index < -0.39 is 0 Å². The molecule has 20 heavy (non-hydrogen) atoms. The van der Waals surface area contributed by atoms with Crippen LogP contribution in [-0.2, 0) is 4.79 Å². The second-order valence-electron chi connectivity index (χ2n) is 5.18. The van der Waals surface area contributed by atoms with E-state index >= 15 is 0 Å². The largest absolute Gasteiger partial charge is 0.497 e. The van der Waals surface area contributed by atoms with E-state index in [0.29, 0.717) is 6.61 Å². The van der Waals surface area contributed by atoms with Crippen molar-refractivity contribution in [3.8, 4) is 11.5 Å². The van der Waals surface area contributed by atoms with Crippen LogP contribution in [-0.4, -0.2) is 43.5 Å². The van der Waals surface area contributed by atoms with Crippen LogP contribution in [0.1, 0.15) is 26.2 Å². The molecular weight excluding hydrogens is 254 g/mol. The van der Waals surface area contributed by atoms with Gasteiger partial charge in [-0.25, -0.2) is 0 Å². The number of likely N-dealkylation sites (tertiary alicyclic amines) is 1. The van der Waals surface area contributed by atoms with Crippen molar-refractivity contribution >= 4 is 5.78 Å². The van der Waals surface area contributed by atoms with Gasteiger partial charge in [-0.15, -0.1) is 0 Å². The van der Waals surface area contributed by atoms with Crippen LogP contribution in [0.15, 0.2) is 24.3 Å². The maximum atomic E-state index is 11.6. The minimum atomic E-state index is 0.0863. The van der Waals surface area contributed by atoms with E-state index in [0.717, 1.165) is 37.4 Å². The van der Waals surface area contributed by atoms with Crippen molar-refractivity contribution in [1.29, 1.82) is 0 Å². The first-order valence-corrected chi connectivity index (χ1v) is 7.22. The highest BCUT2D eigenvalue weighted by Crippen LogP contribution is 2.19. The van der Waals surface area contributed by atoms with Gasteiger partial charge in [0, 0.05) is 6.54 Å². The lowest BCUT2D eigenvalue weighted by atomic mass is 9.99. The maximum absolute atomic E-state index is 11.6. The van der Waals surface area contributed by atoms with Crippen molar-refractivity contribution in [2.45, 2.75) is 32.2 Å². The molecule has 110 valence electrons. The SMILES string of the molecule is COc1ccc(OCCN2CCCCC2C(C)=O)cc1. The van der Waals surface area contributed by atoms with Gasteiger partial charge in [0.1, 0.15) is 23.9 Å². The summed E-state index contributed by atoms with van der Waals surface area (Å²) in [7, 11) is 1.65. The summed E-state index contributed by atoms with van der Waals surface area (Å²) in [6, 6.07) is 7.65. The molecule has 0 spiro atoms. The number of hydrogen-bond acceptors (Lipinski definition) is 4. The normalized spacial score (nSPS) is 19.6. The number of nitrogens with zero attached hydrogens (tertiary/aromatic N) is 1. The van der Waals surface area contributed by atoms with Crippen LogP contribution in [0.4, 0.5) is 0 Å². The number of ketones is 1. The van der Waals surface area contributed by atoms with Gasteiger partial charge >= 0.3 is 0 Å². The quantitative estimate of drug-likeness (QED) is 0.801. The Balaban J connectivity index is 1.80. The van der Waals surface area contributed by atoms with Crippen molar-refractivity contribution in [1.82, 2.24) is 4.90 Å². The fourth-order valence-corrected chi connectivity index (χ4v) is 2.67. The molecule has 0 N–H and O–H groups in total. The lowest BCUT2D eigenvalue weighted by Gasteiger charge is -2.33. The summed E-state index contributed by atoms with van der Waals surface area (Å²) < 4.78 is 10.8. The van der Waals surface area contributed by atoms with Gasteiger partial charge in [-0.1, -0.05) is 6.42 Å². The summed E-state index contributed by atoms with van der Waals surface area (Å²) in [6.45, 7) is 4.09. The third kappa shape index (κ3) is 3.97.